The summed E-state index contributed by atoms with van der Waals surface area (Å²) >= 11 is 0. The predicted molar refractivity (Wildman–Crippen MR) is 82.8 cm³/mol. The highest BCUT2D eigenvalue weighted by molar-refractivity contribution is 5.79. The highest BCUT2D eigenvalue weighted by Crippen LogP contribution is 2.33. The molecule has 114 valence electrons. The summed E-state index contributed by atoms with van der Waals surface area (Å²) in [6, 6.07) is 0. The predicted octanol–water partition coefficient (Wildman–Crippen LogP) is 2.09. The van der Waals surface area contributed by atoms with Gasteiger partial charge in [-0.3, -0.25) is 4.79 Å². The van der Waals surface area contributed by atoms with Crippen LogP contribution in [-0.4, -0.2) is 61.2 Å². The Kier molecular flexibility index (Phi) is 4.82. The van der Waals surface area contributed by atoms with Crippen LogP contribution in [0.1, 0.15) is 20.8 Å². The Balaban J connectivity index is 0.000000204. The van der Waals surface area contributed by atoms with Gasteiger partial charge in [-0.15, -0.1) is 0 Å². The maximum absolute atomic E-state index is 10.8. The molecule has 0 aliphatic carbocycles. The fourth-order valence-corrected chi connectivity index (χ4v) is 2.81. The van der Waals surface area contributed by atoms with Crippen molar-refractivity contribution in [2.24, 2.45) is 10.8 Å². The van der Waals surface area contributed by atoms with Gasteiger partial charge in [0.2, 0.25) is 0 Å². The van der Waals surface area contributed by atoms with Gasteiger partial charge in [0.25, 0.3) is 0 Å². The average Bonchev–Trinajstić information content (AvgIpc) is 2.65. The van der Waals surface area contributed by atoms with Gasteiger partial charge in [0.05, 0.1) is 5.41 Å². The molecular weight excluding hydrogens is 252 g/mol. The quantitative estimate of drug-likeness (QED) is 0.747. The normalized spacial score (nSPS) is 30.2. The SMILES string of the molecule is C=C1CN(C)CC1(C)C.C=C1CN(C)C[C@]1(C)C(=O)O. The summed E-state index contributed by atoms with van der Waals surface area (Å²) in [5.74, 6) is -0.771. The lowest BCUT2D eigenvalue weighted by atomic mass is 9.86. The standard InChI is InChI=1S/C8H13NO2.C8H15N/c1-6-4-9(3)5-8(6,2)7(10)11;1-7-5-9(4)6-8(7,2)3/h1,4-5H2,2-3H3,(H,10,11);1,5-6H2,2-4H3/t8-;/m0./s1. The molecule has 0 aromatic rings. The number of hydrogen-bond donors (Lipinski definition) is 1. The average molecular weight is 280 g/mol. The summed E-state index contributed by atoms with van der Waals surface area (Å²) < 4.78 is 0. The van der Waals surface area contributed by atoms with Gasteiger partial charge in [-0.25, -0.2) is 0 Å². The van der Waals surface area contributed by atoms with Crippen LogP contribution >= 0.6 is 0 Å². The number of carboxylic acid groups (broad SMARTS) is 1. The Morgan fingerprint density at radius 1 is 1.05 bits per heavy atom. The number of likely N-dealkylation sites (N-methyl/N-ethyl adjacent to an activating group) is 2. The summed E-state index contributed by atoms with van der Waals surface area (Å²) in [7, 11) is 4.04. The van der Waals surface area contributed by atoms with E-state index in [1.165, 1.54) is 5.57 Å². The number of hydrogen-bond acceptors (Lipinski definition) is 3. The van der Waals surface area contributed by atoms with E-state index in [1.54, 1.807) is 6.92 Å². The van der Waals surface area contributed by atoms with E-state index in [4.69, 9.17) is 5.11 Å². The van der Waals surface area contributed by atoms with Gasteiger partial charge in [0.1, 0.15) is 0 Å². The summed E-state index contributed by atoms with van der Waals surface area (Å²) in [5.41, 5.74) is 1.79. The first kappa shape index (κ1) is 16.9. The number of aliphatic carboxylic acids is 1. The molecule has 1 N–H and O–H groups in total. The van der Waals surface area contributed by atoms with E-state index in [0.717, 1.165) is 18.7 Å². The lowest BCUT2D eigenvalue weighted by molar-refractivity contribution is -0.145. The van der Waals surface area contributed by atoms with Crippen LogP contribution in [0.15, 0.2) is 24.3 Å². The molecule has 2 aliphatic heterocycles. The Bertz CT molecular complexity index is 428. The van der Waals surface area contributed by atoms with Crippen molar-refractivity contribution in [3.63, 3.8) is 0 Å². The monoisotopic (exact) mass is 280 g/mol. The lowest BCUT2D eigenvalue weighted by Gasteiger charge is -2.18. The van der Waals surface area contributed by atoms with Crippen LogP contribution < -0.4 is 0 Å². The van der Waals surface area contributed by atoms with Crippen LogP contribution in [0.4, 0.5) is 0 Å². The maximum atomic E-state index is 10.8. The van der Waals surface area contributed by atoms with E-state index in [2.05, 4.69) is 39.0 Å². The molecule has 1 atom stereocenters. The molecule has 2 heterocycles. The van der Waals surface area contributed by atoms with E-state index in [-0.39, 0.29) is 0 Å². The molecule has 0 aromatic carbocycles. The first-order valence-corrected chi connectivity index (χ1v) is 6.96. The van der Waals surface area contributed by atoms with E-state index >= 15 is 0 Å². The van der Waals surface area contributed by atoms with Crippen LogP contribution in [0.3, 0.4) is 0 Å². The minimum Gasteiger partial charge on any atom is -0.481 e. The molecule has 4 nitrogen and oxygen atoms in total. The highest BCUT2D eigenvalue weighted by Gasteiger charge is 2.42. The molecule has 0 spiro atoms. The third kappa shape index (κ3) is 3.49. The molecule has 2 saturated heterocycles. The van der Waals surface area contributed by atoms with Crippen molar-refractivity contribution in [1.82, 2.24) is 9.80 Å². The van der Waals surface area contributed by atoms with Gasteiger partial charge in [-0.05, 0) is 32.0 Å². The van der Waals surface area contributed by atoms with E-state index in [0.29, 0.717) is 18.5 Å². The van der Waals surface area contributed by atoms with Gasteiger partial charge in [0.15, 0.2) is 0 Å². The van der Waals surface area contributed by atoms with Crippen LogP contribution in [0, 0.1) is 10.8 Å². The molecule has 0 amide bonds. The Morgan fingerprint density at radius 3 is 1.65 bits per heavy atom. The van der Waals surface area contributed by atoms with Crippen molar-refractivity contribution in [1.29, 1.82) is 0 Å². The fraction of sp³-hybridized carbons (Fsp3) is 0.688. The Morgan fingerprint density at radius 2 is 1.50 bits per heavy atom. The third-order valence-electron chi connectivity index (χ3n) is 4.38. The number of likely N-dealkylation sites (tertiary alicyclic amines) is 2. The van der Waals surface area contributed by atoms with Crippen molar-refractivity contribution >= 4 is 5.97 Å². The van der Waals surface area contributed by atoms with Crippen LogP contribution in [0.2, 0.25) is 0 Å². The molecule has 0 radical (unpaired) electrons. The molecule has 0 aromatic heterocycles. The van der Waals surface area contributed by atoms with Crippen LogP contribution in [0.5, 0.6) is 0 Å². The van der Waals surface area contributed by atoms with Gasteiger partial charge >= 0.3 is 5.97 Å². The zero-order valence-electron chi connectivity index (χ0n) is 13.5. The van der Waals surface area contributed by atoms with Crippen molar-refractivity contribution in [3.8, 4) is 0 Å². The van der Waals surface area contributed by atoms with Gasteiger partial charge < -0.3 is 14.9 Å². The van der Waals surface area contributed by atoms with Crippen molar-refractivity contribution in [2.45, 2.75) is 20.8 Å². The molecular formula is C16H28N2O2. The fourth-order valence-electron chi connectivity index (χ4n) is 2.81. The molecule has 4 heteroatoms. The zero-order chi connectivity index (χ0) is 15.7. The topological polar surface area (TPSA) is 43.8 Å². The third-order valence-corrected chi connectivity index (χ3v) is 4.38. The van der Waals surface area contributed by atoms with Crippen LogP contribution in [-0.2, 0) is 4.79 Å². The van der Waals surface area contributed by atoms with E-state index in [1.807, 2.05) is 11.9 Å². The largest absolute Gasteiger partial charge is 0.481 e. The first-order chi connectivity index (χ1) is 8.99. The summed E-state index contributed by atoms with van der Waals surface area (Å²) in [4.78, 5) is 15.1. The van der Waals surface area contributed by atoms with Gasteiger partial charge in [-0.1, -0.05) is 32.6 Å². The second-order valence-corrected chi connectivity index (χ2v) is 7.07. The minimum atomic E-state index is -0.771. The lowest BCUT2D eigenvalue weighted by Crippen LogP contribution is -2.31. The summed E-state index contributed by atoms with van der Waals surface area (Å²) in [6.45, 7) is 17.5. The van der Waals surface area contributed by atoms with Crippen molar-refractivity contribution in [3.05, 3.63) is 24.3 Å². The smallest absolute Gasteiger partial charge is 0.314 e. The maximum Gasteiger partial charge on any atom is 0.314 e. The number of nitrogens with zero attached hydrogens (tertiary/aromatic N) is 2. The zero-order valence-corrected chi connectivity index (χ0v) is 13.5. The molecule has 2 fully saturated rings. The molecule has 20 heavy (non-hydrogen) atoms. The number of carbonyl (C=O) groups is 1. The number of rotatable bonds is 1. The van der Waals surface area contributed by atoms with Crippen molar-refractivity contribution in [2.75, 3.05) is 40.3 Å². The Hall–Kier alpha value is -1.13. The van der Waals surface area contributed by atoms with Crippen molar-refractivity contribution < 1.29 is 9.90 Å². The minimum absolute atomic E-state index is 0.356. The highest BCUT2D eigenvalue weighted by atomic mass is 16.4. The first-order valence-electron chi connectivity index (χ1n) is 6.96. The molecule has 0 unspecified atom stereocenters. The second-order valence-electron chi connectivity index (χ2n) is 7.07. The van der Waals surface area contributed by atoms with Gasteiger partial charge in [-0.2, -0.15) is 0 Å². The number of carboxylic acids is 1. The summed E-state index contributed by atoms with van der Waals surface area (Å²) in [5, 5.41) is 8.87. The van der Waals surface area contributed by atoms with Crippen LogP contribution in [0.25, 0.3) is 0 Å². The van der Waals surface area contributed by atoms with E-state index in [9.17, 15) is 4.79 Å². The van der Waals surface area contributed by atoms with Gasteiger partial charge in [0, 0.05) is 26.2 Å². The Labute approximate surface area is 122 Å². The molecule has 0 saturated carbocycles. The van der Waals surface area contributed by atoms with E-state index < -0.39 is 11.4 Å². The summed E-state index contributed by atoms with van der Waals surface area (Å²) in [6.07, 6.45) is 0. The molecule has 2 rings (SSSR count). The molecule has 0 bridgehead atoms. The second kappa shape index (κ2) is 5.70. The molecule has 2 aliphatic rings.